The molecule has 0 aliphatic rings. The normalized spacial score (nSPS) is 10.5. The maximum Gasteiger partial charge on any atom is 0.158 e. The standard InChI is InChI=1S/C14H18FN5O/c1-3-21-8-13-17-11(7-12(18-13)20-16)19-14-9(2)5-4-6-10(14)15/h4-7H,3,8,16H2,1-2H3,(H2,17,18,19,20). The third-order valence-corrected chi connectivity index (χ3v) is 2.83. The van der Waals surface area contributed by atoms with Crippen LogP contribution in [-0.4, -0.2) is 16.6 Å². The minimum absolute atomic E-state index is 0.261. The number of nitrogens with one attached hydrogen (secondary N) is 2. The van der Waals surface area contributed by atoms with Gasteiger partial charge in [-0.3, -0.25) is 0 Å². The van der Waals surface area contributed by atoms with Crippen LogP contribution in [0, 0.1) is 12.7 Å². The van der Waals surface area contributed by atoms with E-state index >= 15 is 0 Å². The summed E-state index contributed by atoms with van der Waals surface area (Å²) in [7, 11) is 0. The van der Waals surface area contributed by atoms with E-state index in [1.165, 1.54) is 6.07 Å². The summed E-state index contributed by atoms with van der Waals surface area (Å²) in [5.41, 5.74) is 3.62. The molecule has 112 valence electrons. The van der Waals surface area contributed by atoms with Gasteiger partial charge in [-0.25, -0.2) is 20.2 Å². The van der Waals surface area contributed by atoms with E-state index in [9.17, 15) is 4.39 Å². The summed E-state index contributed by atoms with van der Waals surface area (Å²) in [6, 6.07) is 6.46. The monoisotopic (exact) mass is 291 g/mol. The zero-order chi connectivity index (χ0) is 15.2. The van der Waals surface area contributed by atoms with Gasteiger partial charge in [0.25, 0.3) is 0 Å². The van der Waals surface area contributed by atoms with Crippen molar-refractivity contribution in [3.63, 3.8) is 0 Å². The highest BCUT2D eigenvalue weighted by molar-refractivity contribution is 5.62. The van der Waals surface area contributed by atoms with E-state index in [2.05, 4.69) is 20.7 Å². The van der Waals surface area contributed by atoms with Crippen LogP contribution in [0.5, 0.6) is 0 Å². The van der Waals surface area contributed by atoms with Crippen molar-refractivity contribution in [3.05, 3.63) is 41.5 Å². The molecule has 0 radical (unpaired) electrons. The number of anilines is 3. The van der Waals surface area contributed by atoms with E-state index in [1.807, 2.05) is 19.9 Å². The van der Waals surface area contributed by atoms with Crippen molar-refractivity contribution in [1.82, 2.24) is 9.97 Å². The first-order valence-corrected chi connectivity index (χ1v) is 6.58. The van der Waals surface area contributed by atoms with Crippen molar-refractivity contribution < 1.29 is 9.13 Å². The third kappa shape index (κ3) is 3.87. The Morgan fingerprint density at radius 1 is 1.29 bits per heavy atom. The Morgan fingerprint density at radius 3 is 2.71 bits per heavy atom. The molecule has 7 heteroatoms. The topological polar surface area (TPSA) is 85.1 Å². The average molecular weight is 291 g/mol. The van der Waals surface area contributed by atoms with Gasteiger partial charge in [-0.05, 0) is 25.5 Å². The number of ether oxygens (including phenoxy) is 1. The van der Waals surface area contributed by atoms with Crippen LogP contribution in [0.1, 0.15) is 18.3 Å². The SMILES string of the molecule is CCOCc1nc(NN)cc(Nc2c(C)cccc2F)n1. The minimum Gasteiger partial charge on any atom is -0.374 e. The van der Waals surface area contributed by atoms with Crippen LogP contribution < -0.4 is 16.6 Å². The van der Waals surface area contributed by atoms with Crippen LogP contribution >= 0.6 is 0 Å². The largest absolute Gasteiger partial charge is 0.374 e. The molecule has 0 bridgehead atoms. The number of nitrogens with zero attached hydrogens (tertiary/aromatic N) is 2. The molecular formula is C14H18FN5O. The molecule has 0 fully saturated rings. The number of hydrogen-bond acceptors (Lipinski definition) is 6. The van der Waals surface area contributed by atoms with Gasteiger partial charge in [-0.1, -0.05) is 12.1 Å². The fourth-order valence-electron chi connectivity index (χ4n) is 1.81. The highest BCUT2D eigenvalue weighted by Gasteiger charge is 2.09. The van der Waals surface area contributed by atoms with Crippen molar-refractivity contribution in [3.8, 4) is 0 Å². The highest BCUT2D eigenvalue weighted by Crippen LogP contribution is 2.23. The molecule has 0 aliphatic carbocycles. The number of halogens is 1. The molecule has 0 unspecified atom stereocenters. The maximum atomic E-state index is 13.9. The number of nitrogens with two attached hydrogens (primary N) is 1. The second-order valence-corrected chi connectivity index (χ2v) is 4.39. The van der Waals surface area contributed by atoms with Gasteiger partial charge in [0.05, 0.1) is 5.69 Å². The third-order valence-electron chi connectivity index (χ3n) is 2.83. The van der Waals surface area contributed by atoms with Crippen LogP contribution in [0.3, 0.4) is 0 Å². The quantitative estimate of drug-likeness (QED) is 0.560. The van der Waals surface area contributed by atoms with Crippen LogP contribution in [0.25, 0.3) is 0 Å². The predicted octanol–water partition coefficient (Wildman–Crippen LogP) is 2.49. The van der Waals surface area contributed by atoms with Crippen LogP contribution in [0.2, 0.25) is 0 Å². The van der Waals surface area contributed by atoms with Gasteiger partial charge in [0, 0.05) is 12.7 Å². The number of benzene rings is 1. The lowest BCUT2D eigenvalue weighted by atomic mass is 10.2. The van der Waals surface area contributed by atoms with Gasteiger partial charge < -0.3 is 15.5 Å². The van der Waals surface area contributed by atoms with Gasteiger partial charge in [0.1, 0.15) is 24.1 Å². The number of hydrogen-bond donors (Lipinski definition) is 3. The average Bonchev–Trinajstić information content (AvgIpc) is 2.49. The van der Waals surface area contributed by atoms with E-state index in [-0.39, 0.29) is 12.4 Å². The van der Waals surface area contributed by atoms with Gasteiger partial charge in [-0.15, -0.1) is 0 Å². The van der Waals surface area contributed by atoms with E-state index < -0.39 is 0 Å². The molecule has 1 aromatic heterocycles. The molecule has 0 saturated heterocycles. The smallest absolute Gasteiger partial charge is 0.158 e. The Morgan fingerprint density at radius 2 is 2.05 bits per heavy atom. The van der Waals surface area contributed by atoms with E-state index in [0.29, 0.717) is 29.8 Å². The Bertz CT molecular complexity index is 600. The zero-order valence-corrected chi connectivity index (χ0v) is 12.0. The Labute approximate surface area is 122 Å². The number of rotatable bonds is 6. The summed E-state index contributed by atoms with van der Waals surface area (Å²) in [6.07, 6.45) is 0. The lowest BCUT2D eigenvalue weighted by molar-refractivity contribution is 0.128. The lowest BCUT2D eigenvalue weighted by Gasteiger charge is -2.12. The number of aryl methyl sites for hydroxylation is 1. The van der Waals surface area contributed by atoms with Crippen molar-refractivity contribution >= 4 is 17.3 Å². The highest BCUT2D eigenvalue weighted by atomic mass is 19.1. The first-order valence-electron chi connectivity index (χ1n) is 6.58. The Kier molecular flexibility index (Phi) is 5.02. The molecule has 2 aromatic rings. The van der Waals surface area contributed by atoms with Gasteiger partial charge in [-0.2, -0.15) is 0 Å². The summed E-state index contributed by atoms with van der Waals surface area (Å²) < 4.78 is 19.1. The molecule has 2 rings (SSSR count). The number of para-hydroxylation sites is 1. The number of aromatic nitrogens is 2. The van der Waals surface area contributed by atoms with Crippen LogP contribution in [0.15, 0.2) is 24.3 Å². The fourth-order valence-corrected chi connectivity index (χ4v) is 1.81. The van der Waals surface area contributed by atoms with E-state index in [0.717, 1.165) is 5.56 Å². The summed E-state index contributed by atoms with van der Waals surface area (Å²) in [6.45, 7) is 4.51. The molecule has 0 spiro atoms. The van der Waals surface area contributed by atoms with Crippen molar-refractivity contribution in [2.45, 2.75) is 20.5 Å². The second-order valence-electron chi connectivity index (χ2n) is 4.39. The second kappa shape index (κ2) is 6.96. The predicted molar refractivity (Wildman–Crippen MR) is 79.6 cm³/mol. The van der Waals surface area contributed by atoms with Crippen LogP contribution in [-0.2, 0) is 11.3 Å². The lowest BCUT2D eigenvalue weighted by Crippen LogP contribution is -2.12. The van der Waals surface area contributed by atoms with Gasteiger partial charge in [0.2, 0.25) is 0 Å². The van der Waals surface area contributed by atoms with Crippen molar-refractivity contribution in [2.24, 2.45) is 5.84 Å². The molecule has 21 heavy (non-hydrogen) atoms. The summed E-state index contributed by atoms with van der Waals surface area (Å²) in [5, 5.41) is 2.95. The molecule has 6 nitrogen and oxygen atoms in total. The first-order chi connectivity index (χ1) is 10.1. The minimum atomic E-state index is -0.345. The number of hydrazine groups is 1. The maximum absolute atomic E-state index is 13.9. The number of nitrogen functional groups attached to an aromatic ring is 1. The molecule has 0 aliphatic heterocycles. The zero-order valence-electron chi connectivity index (χ0n) is 12.0. The van der Waals surface area contributed by atoms with Crippen molar-refractivity contribution in [2.75, 3.05) is 17.3 Å². The Balaban J connectivity index is 2.30. The summed E-state index contributed by atoms with van der Waals surface area (Å²) in [4.78, 5) is 8.46. The molecular weight excluding hydrogens is 273 g/mol. The molecule has 4 N–H and O–H groups in total. The van der Waals surface area contributed by atoms with Gasteiger partial charge in [0.15, 0.2) is 5.82 Å². The van der Waals surface area contributed by atoms with Crippen molar-refractivity contribution in [1.29, 1.82) is 0 Å². The molecule has 0 amide bonds. The molecule has 0 saturated carbocycles. The molecule has 0 atom stereocenters. The first kappa shape index (κ1) is 15.1. The van der Waals surface area contributed by atoms with Gasteiger partial charge >= 0.3 is 0 Å². The van der Waals surface area contributed by atoms with E-state index in [1.54, 1.807) is 12.1 Å². The summed E-state index contributed by atoms with van der Waals surface area (Å²) in [5.74, 6) is 6.38. The van der Waals surface area contributed by atoms with E-state index in [4.69, 9.17) is 10.6 Å². The Hall–Kier alpha value is -2.25. The molecule has 1 heterocycles. The van der Waals surface area contributed by atoms with Crippen LogP contribution in [0.4, 0.5) is 21.7 Å². The fraction of sp³-hybridized carbons (Fsp3) is 0.286. The molecule has 1 aromatic carbocycles. The summed E-state index contributed by atoms with van der Waals surface area (Å²) >= 11 is 0.